The van der Waals surface area contributed by atoms with Crippen LogP contribution in [0.2, 0.25) is 10.0 Å². The lowest BCUT2D eigenvalue weighted by Gasteiger charge is -2.13. The average molecular weight is 444 g/mol. The topological polar surface area (TPSA) is 56.7 Å². The molecule has 4 nitrogen and oxygen atoms in total. The number of benzene rings is 1. The van der Waals surface area contributed by atoms with Crippen molar-refractivity contribution in [2.75, 3.05) is 13.1 Å². The van der Waals surface area contributed by atoms with Crippen molar-refractivity contribution in [2.24, 2.45) is 4.99 Å². The fourth-order valence-corrected chi connectivity index (χ4v) is 2.33. The normalized spacial score (nSPS) is 16.1. The van der Waals surface area contributed by atoms with E-state index in [1.807, 2.05) is 6.92 Å². The minimum Gasteiger partial charge on any atom is -0.386 e. The predicted octanol–water partition coefficient (Wildman–Crippen LogP) is 3.36. The smallest absolute Gasteiger partial charge is 0.191 e. The maximum atomic E-state index is 10.2. The molecule has 1 unspecified atom stereocenters. The van der Waals surface area contributed by atoms with Crippen LogP contribution in [0.5, 0.6) is 0 Å². The highest BCUT2D eigenvalue weighted by atomic mass is 127. The second kappa shape index (κ2) is 9.02. The molecule has 7 heteroatoms. The average Bonchev–Trinajstić information content (AvgIpc) is 3.18. The Bertz CT molecular complexity index is 475. The third-order valence-corrected chi connectivity index (χ3v) is 3.39. The largest absolute Gasteiger partial charge is 0.386 e. The van der Waals surface area contributed by atoms with Gasteiger partial charge in [0.05, 0.1) is 12.6 Å². The van der Waals surface area contributed by atoms with Crippen LogP contribution in [0.3, 0.4) is 0 Å². The molecule has 2 rings (SSSR count). The van der Waals surface area contributed by atoms with Gasteiger partial charge in [-0.3, -0.25) is 4.99 Å². The number of nitrogens with zero attached hydrogens (tertiary/aromatic N) is 1. The van der Waals surface area contributed by atoms with Gasteiger partial charge in [0, 0.05) is 22.6 Å². The van der Waals surface area contributed by atoms with E-state index in [1.165, 1.54) is 12.8 Å². The molecule has 1 aliphatic rings. The first-order valence-corrected chi connectivity index (χ1v) is 7.53. The number of nitrogens with one attached hydrogen (secondary N) is 2. The van der Waals surface area contributed by atoms with Gasteiger partial charge >= 0.3 is 0 Å². The third-order valence-electron chi connectivity index (χ3n) is 2.95. The molecule has 0 saturated heterocycles. The molecule has 1 aliphatic carbocycles. The molecular formula is C14H20Cl2IN3O. The van der Waals surface area contributed by atoms with Gasteiger partial charge in [-0.25, -0.2) is 0 Å². The van der Waals surface area contributed by atoms with Crippen LogP contribution >= 0.6 is 47.2 Å². The zero-order chi connectivity index (χ0) is 14.5. The van der Waals surface area contributed by atoms with Crippen molar-refractivity contribution in [1.82, 2.24) is 10.6 Å². The summed E-state index contributed by atoms with van der Waals surface area (Å²) in [5.41, 5.74) is 0.675. The van der Waals surface area contributed by atoms with Crippen molar-refractivity contribution in [2.45, 2.75) is 31.9 Å². The fourth-order valence-electron chi connectivity index (χ4n) is 1.79. The molecule has 1 aromatic rings. The summed E-state index contributed by atoms with van der Waals surface area (Å²) in [6.45, 7) is 3.06. The zero-order valence-corrected chi connectivity index (χ0v) is 15.6. The zero-order valence-electron chi connectivity index (χ0n) is 11.8. The first kappa shape index (κ1) is 18.8. The predicted molar refractivity (Wildman–Crippen MR) is 99.0 cm³/mol. The minimum atomic E-state index is -0.721. The van der Waals surface area contributed by atoms with Crippen LogP contribution in [-0.2, 0) is 0 Å². The second-order valence-electron chi connectivity index (χ2n) is 4.86. The lowest BCUT2D eigenvalue weighted by Crippen LogP contribution is -2.38. The summed E-state index contributed by atoms with van der Waals surface area (Å²) < 4.78 is 0. The molecule has 1 atom stereocenters. The Morgan fingerprint density at radius 2 is 1.95 bits per heavy atom. The molecule has 118 valence electrons. The molecule has 0 aromatic heterocycles. The van der Waals surface area contributed by atoms with Gasteiger partial charge in [-0.05, 0) is 43.5 Å². The van der Waals surface area contributed by atoms with E-state index in [0.29, 0.717) is 21.7 Å². The molecule has 0 heterocycles. The Morgan fingerprint density at radius 3 is 2.48 bits per heavy atom. The molecule has 3 N–H and O–H groups in total. The number of guanidine groups is 1. The molecule has 0 bridgehead atoms. The summed E-state index contributed by atoms with van der Waals surface area (Å²) in [4.78, 5) is 4.39. The Balaban J connectivity index is 0.00000220. The van der Waals surface area contributed by atoms with Gasteiger partial charge in [0.15, 0.2) is 5.96 Å². The highest BCUT2D eigenvalue weighted by Crippen LogP contribution is 2.24. The lowest BCUT2D eigenvalue weighted by molar-refractivity contribution is 0.187. The first-order valence-electron chi connectivity index (χ1n) is 6.77. The van der Waals surface area contributed by atoms with E-state index in [4.69, 9.17) is 23.2 Å². The maximum absolute atomic E-state index is 10.2. The number of hydrogen-bond donors (Lipinski definition) is 3. The standard InChI is InChI=1S/C14H19Cl2N3O.HI/c1-2-17-14(19-12-3-4-12)18-8-13(20)9-5-10(15)7-11(16)6-9;/h5-7,12-13,20H,2-4,8H2,1H3,(H2,17,18,19);1H. The SMILES string of the molecule is CCNC(=NCC(O)c1cc(Cl)cc(Cl)c1)NC1CC1.I. The van der Waals surface area contributed by atoms with Crippen LogP contribution in [0, 0.1) is 0 Å². The fraction of sp³-hybridized carbons (Fsp3) is 0.500. The molecule has 1 aromatic carbocycles. The summed E-state index contributed by atoms with van der Waals surface area (Å²) >= 11 is 11.9. The van der Waals surface area contributed by atoms with E-state index in [9.17, 15) is 5.11 Å². The minimum absolute atomic E-state index is 0. The van der Waals surface area contributed by atoms with Crippen molar-refractivity contribution < 1.29 is 5.11 Å². The highest BCUT2D eigenvalue weighted by molar-refractivity contribution is 14.0. The van der Waals surface area contributed by atoms with E-state index in [2.05, 4.69) is 15.6 Å². The van der Waals surface area contributed by atoms with Crippen molar-refractivity contribution in [1.29, 1.82) is 0 Å². The van der Waals surface area contributed by atoms with Gasteiger partial charge in [-0.2, -0.15) is 0 Å². The van der Waals surface area contributed by atoms with Crippen LogP contribution in [0.4, 0.5) is 0 Å². The van der Waals surface area contributed by atoms with Crippen LogP contribution in [-0.4, -0.2) is 30.2 Å². The first-order chi connectivity index (χ1) is 9.58. The summed E-state index contributed by atoms with van der Waals surface area (Å²) in [5, 5.41) is 17.6. The molecular weight excluding hydrogens is 424 g/mol. The summed E-state index contributed by atoms with van der Waals surface area (Å²) in [7, 11) is 0. The number of rotatable bonds is 5. The quantitative estimate of drug-likeness (QED) is 0.371. The lowest BCUT2D eigenvalue weighted by atomic mass is 10.1. The number of halogens is 3. The molecule has 0 spiro atoms. The van der Waals surface area contributed by atoms with Gasteiger partial charge in [-0.15, -0.1) is 24.0 Å². The van der Waals surface area contributed by atoms with E-state index in [-0.39, 0.29) is 30.5 Å². The number of aliphatic imine (C=N–C) groups is 1. The Kier molecular flexibility index (Phi) is 8.08. The second-order valence-corrected chi connectivity index (χ2v) is 5.73. The summed E-state index contributed by atoms with van der Waals surface area (Å²) in [5.74, 6) is 0.738. The van der Waals surface area contributed by atoms with Crippen molar-refractivity contribution >= 4 is 53.1 Å². The Morgan fingerprint density at radius 1 is 1.33 bits per heavy atom. The molecule has 0 aliphatic heterocycles. The number of aliphatic hydroxyl groups is 1. The van der Waals surface area contributed by atoms with E-state index in [1.54, 1.807) is 18.2 Å². The molecule has 0 amide bonds. The number of aliphatic hydroxyl groups excluding tert-OH is 1. The van der Waals surface area contributed by atoms with Crippen LogP contribution < -0.4 is 10.6 Å². The van der Waals surface area contributed by atoms with Gasteiger partial charge in [0.1, 0.15) is 0 Å². The van der Waals surface area contributed by atoms with E-state index in [0.717, 1.165) is 12.5 Å². The van der Waals surface area contributed by atoms with Gasteiger partial charge in [0.25, 0.3) is 0 Å². The van der Waals surface area contributed by atoms with Crippen LogP contribution in [0.25, 0.3) is 0 Å². The highest BCUT2D eigenvalue weighted by Gasteiger charge is 2.22. The Hall–Kier alpha value is -0.240. The van der Waals surface area contributed by atoms with Crippen LogP contribution in [0.1, 0.15) is 31.4 Å². The summed E-state index contributed by atoms with van der Waals surface area (Å²) in [6.07, 6.45) is 1.63. The summed E-state index contributed by atoms with van der Waals surface area (Å²) in [6, 6.07) is 5.57. The van der Waals surface area contributed by atoms with Crippen molar-refractivity contribution in [3.8, 4) is 0 Å². The molecule has 1 fully saturated rings. The van der Waals surface area contributed by atoms with Crippen LogP contribution in [0.15, 0.2) is 23.2 Å². The van der Waals surface area contributed by atoms with Crippen molar-refractivity contribution in [3.05, 3.63) is 33.8 Å². The van der Waals surface area contributed by atoms with E-state index < -0.39 is 6.10 Å². The van der Waals surface area contributed by atoms with E-state index >= 15 is 0 Å². The van der Waals surface area contributed by atoms with Crippen molar-refractivity contribution in [3.63, 3.8) is 0 Å². The maximum Gasteiger partial charge on any atom is 0.191 e. The monoisotopic (exact) mass is 443 g/mol. The van der Waals surface area contributed by atoms with Gasteiger partial charge in [-0.1, -0.05) is 23.2 Å². The Labute approximate surface area is 152 Å². The molecule has 0 radical (unpaired) electrons. The van der Waals surface area contributed by atoms with Gasteiger partial charge in [0.2, 0.25) is 0 Å². The molecule has 21 heavy (non-hydrogen) atoms. The third kappa shape index (κ3) is 6.59. The van der Waals surface area contributed by atoms with Gasteiger partial charge < -0.3 is 15.7 Å². The molecule has 1 saturated carbocycles. The number of hydrogen-bond acceptors (Lipinski definition) is 2.